The zero-order chi connectivity index (χ0) is 9.84. The zero-order valence-corrected chi connectivity index (χ0v) is 8.85. The van der Waals surface area contributed by atoms with Gasteiger partial charge in [-0.25, -0.2) is 4.39 Å². The molecule has 3 N–H and O–H groups in total. The number of hydrogen-bond donors (Lipinski definition) is 2. The van der Waals surface area contributed by atoms with Crippen molar-refractivity contribution in [1.82, 2.24) is 0 Å². The Morgan fingerprint density at radius 2 is 2.14 bits per heavy atom. The standard InChI is InChI=1S/C10H14FNO.ClH/c1-2-7-4-3-5-8(10(7)13)9(12)6-11;/h3-5,9,13H,2,6,12H2,1H3;1H/t9-;/m1./s1. The highest BCUT2D eigenvalue weighted by molar-refractivity contribution is 5.85. The molecule has 0 radical (unpaired) electrons. The van der Waals surface area contributed by atoms with Crippen LogP contribution in [0.4, 0.5) is 4.39 Å². The average Bonchev–Trinajstić information content (AvgIpc) is 2.17. The monoisotopic (exact) mass is 219 g/mol. The van der Waals surface area contributed by atoms with Gasteiger partial charge in [-0.2, -0.15) is 0 Å². The van der Waals surface area contributed by atoms with Gasteiger partial charge in [-0.3, -0.25) is 0 Å². The molecule has 0 saturated heterocycles. The molecule has 0 fully saturated rings. The van der Waals surface area contributed by atoms with Crippen molar-refractivity contribution in [2.45, 2.75) is 19.4 Å². The van der Waals surface area contributed by atoms with Gasteiger partial charge in [0.15, 0.2) is 0 Å². The maximum Gasteiger partial charge on any atom is 0.123 e. The molecule has 0 aromatic heterocycles. The Morgan fingerprint density at radius 1 is 1.50 bits per heavy atom. The number of aryl methyl sites for hydroxylation is 1. The van der Waals surface area contributed by atoms with Crippen LogP contribution in [0.2, 0.25) is 0 Å². The number of para-hydroxylation sites is 1. The molecule has 0 saturated carbocycles. The average molecular weight is 220 g/mol. The first-order valence-corrected chi connectivity index (χ1v) is 4.33. The number of phenolic OH excluding ortho intramolecular Hbond substituents is 1. The van der Waals surface area contributed by atoms with Gasteiger partial charge in [-0.1, -0.05) is 25.1 Å². The van der Waals surface area contributed by atoms with Crippen LogP contribution in [-0.2, 0) is 6.42 Å². The van der Waals surface area contributed by atoms with E-state index in [0.717, 1.165) is 12.0 Å². The molecule has 0 aliphatic heterocycles. The van der Waals surface area contributed by atoms with Crippen molar-refractivity contribution in [3.8, 4) is 5.75 Å². The second kappa shape index (κ2) is 5.83. The molecule has 1 aromatic carbocycles. The first-order chi connectivity index (χ1) is 6.20. The summed E-state index contributed by atoms with van der Waals surface area (Å²) < 4.78 is 12.3. The van der Waals surface area contributed by atoms with E-state index in [0.29, 0.717) is 5.56 Å². The molecule has 0 heterocycles. The predicted octanol–water partition coefficient (Wildman–Crippen LogP) is 2.35. The van der Waals surface area contributed by atoms with Gasteiger partial charge in [0.05, 0.1) is 6.04 Å². The normalized spacial score (nSPS) is 11.9. The van der Waals surface area contributed by atoms with E-state index < -0.39 is 12.7 Å². The van der Waals surface area contributed by atoms with Crippen molar-refractivity contribution in [3.05, 3.63) is 29.3 Å². The molecule has 0 bridgehead atoms. The highest BCUT2D eigenvalue weighted by Gasteiger charge is 2.12. The van der Waals surface area contributed by atoms with E-state index in [1.165, 1.54) is 0 Å². The summed E-state index contributed by atoms with van der Waals surface area (Å²) in [4.78, 5) is 0. The van der Waals surface area contributed by atoms with Crippen LogP contribution >= 0.6 is 12.4 Å². The molecule has 0 aliphatic rings. The Kier molecular flexibility index (Phi) is 5.50. The van der Waals surface area contributed by atoms with Gasteiger partial charge in [0.1, 0.15) is 12.4 Å². The van der Waals surface area contributed by atoms with E-state index in [-0.39, 0.29) is 18.2 Å². The summed E-state index contributed by atoms with van der Waals surface area (Å²) in [5.41, 5.74) is 6.78. The third kappa shape index (κ3) is 2.59. The summed E-state index contributed by atoms with van der Waals surface area (Å²) in [6.07, 6.45) is 0.721. The molecule has 1 atom stereocenters. The fraction of sp³-hybridized carbons (Fsp3) is 0.400. The molecule has 0 unspecified atom stereocenters. The zero-order valence-electron chi connectivity index (χ0n) is 8.03. The summed E-state index contributed by atoms with van der Waals surface area (Å²) >= 11 is 0. The Bertz CT molecular complexity index is 293. The third-order valence-electron chi connectivity index (χ3n) is 2.10. The lowest BCUT2D eigenvalue weighted by atomic mass is 10.0. The fourth-order valence-electron chi connectivity index (χ4n) is 1.28. The number of hydrogen-bond acceptors (Lipinski definition) is 2. The topological polar surface area (TPSA) is 46.2 Å². The van der Waals surface area contributed by atoms with Crippen LogP contribution in [0, 0.1) is 0 Å². The highest BCUT2D eigenvalue weighted by atomic mass is 35.5. The van der Waals surface area contributed by atoms with Gasteiger partial charge >= 0.3 is 0 Å². The summed E-state index contributed by atoms with van der Waals surface area (Å²) in [5, 5.41) is 9.64. The lowest BCUT2D eigenvalue weighted by molar-refractivity contribution is 0.412. The molecular formula is C10H15ClFNO. The lowest BCUT2D eigenvalue weighted by Gasteiger charge is -2.12. The molecule has 1 rings (SSSR count). The van der Waals surface area contributed by atoms with Crippen molar-refractivity contribution < 1.29 is 9.50 Å². The highest BCUT2D eigenvalue weighted by Crippen LogP contribution is 2.27. The second-order valence-corrected chi connectivity index (χ2v) is 2.97. The number of benzene rings is 1. The molecular weight excluding hydrogens is 205 g/mol. The van der Waals surface area contributed by atoms with Crippen LogP contribution in [0.15, 0.2) is 18.2 Å². The molecule has 0 spiro atoms. The first-order valence-electron chi connectivity index (χ1n) is 4.33. The van der Waals surface area contributed by atoms with Crippen LogP contribution in [0.25, 0.3) is 0 Å². The van der Waals surface area contributed by atoms with Gasteiger partial charge < -0.3 is 10.8 Å². The molecule has 0 amide bonds. The van der Waals surface area contributed by atoms with Gasteiger partial charge in [0, 0.05) is 5.56 Å². The van der Waals surface area contributed by atoms with E-state index in [1.807, 2.05) is 13.0 Å². The van der Waals surface area contributed by atoms with Gasteiger partial charge in [0.2, 0.25) is 0 Å². The lowest BCUT2D eigenvalue weighted by Crippen LogP contribution is -2.12. The fourth-order valence-corrected chi connectivity index (χ4v) is 1.28. The first kappa shape index (κ1) is 13.2. The third-order valence-corrected chi connectivity index (χ3v) is 2.10. The Hall–Kier alpha value is -0.800. The number of halogens is 2. The minimum absolute atomic E-state index is 0. The van der Waals surface area contributed by atoms with E-state index in [4.69, 9.17) is 5.73 Å². The van der Waals surface area contributed by atoms with Crippen molar-refractivity contribution in [3.63, 3.8) is 0 Å². The van der Waals surface area contributed by atoms with E-state index in [9.17, 15) is 9.50 Å². The largest absolute Gasteiger partial charge is 0.507 e. The number of nitrogens with two attached hydrogens (primary N) is 1. The molecule has 0 aliphatic carbocycles. The van der Waals surface area contributed by atoms with Gasteiger partial charge in [-0.15, -0.1) is 12.4 Å². The van der Waals surface area contributed by atoms with E-state index >= 15 is 0 Å². The second-order valence-electron chi connectivity index (χ2n) is 2.97. The number of rotatable bonds is 3. The molecule has 4 heteroatoms. The summed E-state index contributed by atoms with van der Waals surface area (Å²) in [6, 6.07) is 4.53. The number of alkyl halides is 1. The molecule has 80 valence electrons. The number of phenols is 1. The summed E-state index contributed by atoms with van der Waals surface area (Å²) in [6.45, 7) is 1.28. The van der Waals surface area contributed by atoms with E-state index in [2.05, 4.69) is 0 Å². The molecule has 1 aromatic rings. The SMILES string of the molecule is CCc1cccc([C@H](N)CF)c1O.Cl. The smallest absolute Gasteiger partial charge is 0.123 e. The van der Waals surface area contributed by atoms with Crippen LogP contribution in [0.3, 0.4) is 0 Å². The number of aromatic hydroxyl groups is 1. The van der Waals surface area contributed by atoms with Crippen LogP contribution < -0.4 is 5.73 Å². The summed E-state index contributed by atoms with van der Waals surface area (Å²) in [7, 11) is 0. The Morgan fingerprint density at radius 3 is 2.64 bits per heavy atom. The Labute approximate surface area is 89.3 Å². The summed E-state index contributed by atoms with van der Waals surface area (Å²) in [5.74, 6) is 0.134. The van der Waals surface area contributed by atoms with Crippen LogP contribution in [0.1, 0.15) is 24.1 Å². The van der Waals surface area contributed by atoms with Crippen LogP contribution in [-0.4, -0.2) is 11.8 Å². The quantitative estimate of drug-likeness (QED) is 0.820. The minimum atomic E-state index is -0.716. The molecule has 14 heavy (non-hydrogen) atoms. The van der Waals surface area contributed by atoms with Gasteiger partial charge in [-0.05, 0) is 12.0 Å². The maximum atomic E-state index is 12.3. The van der Waals surface area contributed by atoms with E-state index in [1.54, 1.807) is 12.1 Å². The predicted molar refractivity (Wildman–Crippen MR) is 57.6 cm³/mol. The van der Waals surface area contributed by atoms with Crippen molar-refractivity contribution in [1.29, 1.82) is 0 Å². The molecule has 2 nitrogen and oxygen atoms in total. The van der Waals surface area contributed by atoms with Crippen LogP contribution in [0.5, 0.6) is 5.75 Å². The maximum absolute atomic E-state index is 12.3. The van der Waals surface area contributed by atoms with Crippen molar-refractivity contribution >= 4 is 12.4 Å². The minimum Gasteiger partial charge on any atom is -0.507 e. The van der Waals surface area contributed by atoms with Crippen molar-refractivity contribution in [2.75, 3.05) is 6.67 Å². The Balaban J connectivity index is 0.00000169. The van der Waals surface area contributed by atoms with Gasteiger partial charge in [0.25, 0.3) is 0 Å². The van der Waals surface area contributed by atoms with Crippen molar-refractivity contribution in [2.24, 2.45) is 5.73 Å².